The third-order valence-electron chi connectivity index (χ3n) is 3.18. The van der Waals surface area contributed by atoms with Crippen LogP contribution in [0.2, 0.25) is 5.15 Å². The topological polar surface area (TPSA) is 54.9 Å². The fraction of sp³-hybridized carbons (Fsp3) is 0.636. The molecular formula is C11H17ClN2O2. The fourth-order valence-electron chi connectivity index (χ4n) is 1.58. The van der Waals surface area contributed by atoms with E-state index in [-0.39, 0.29) is 22.7 Å². The summed E-state index contributed by atoms with van der Waals surface area (Å²) in [5, 5.41) is 0.127. The molecule has 1 heterocycles. The maximum atomic E-state index is 11.9. The first kappa shape index (κ1) is 13.0. The highest BCUT2D eigenvalue weighted by atomic mass is 35.5. The van der Waals surface area contributed by atoms with Crippen molar-refractivity contribution in [3.05, 3.63) is 31.6 Å². The van der Waals surface area contributed by atoms with E-state index in [0.717, 1.165) is 6.42 Å². The minimum absolute atomic E-state index is 0.127. The van der Waals surface area contributed by atoms with Crippen LogP contribution >= 0.6 is 11.6 Å². The maximum absolute atomic E-state index is 11.9. The van der Waals surface area contributed by atoms with Crippen molar-refractivity contribution < 1.29 is 0 Å². The lowest BCUT2D eigenvalue weighted by Gasteiger charge is -2.20. The molecule has 5 heteroatoms. The van der Waals surface area contributed by atoms with E-state index in [2.05, 4.69) is 4.98 Å². The molecule has 1 aromatic rings. The van der Waals surface area contributed by atoms with Crippen molar-refractivity contribution in [1.82, 2.24) is 9.55 Å². The zero-order chi connectivity index (χ0) is 12.5. The number of halogens is 1. The summed E-state index contributed by atoms with van der Waals surface area (Å²) in [6, 6.07) is -0.128. The number of H-pyrrole nitrogens is 1. The van der Waals surface area contributed by atoms with Gasteiger partial charge in [0.25, 0.3) is 5.56 Å². The van der Waals surface area contributed by atoms with Gasteiger partial charge >= 0.3 is 5.69 Å². The molecule has 16 heavy (non-hydrogen) atoms. The highest BCUT2D eigenvalue weighted by molar-refractivity contribution is 6.30. The molecule has 0 aromatic carbocycles. The molecule has 2 atom stereocenters. The standard InChI is InChI=1S/C11H17ClN2O2/c1-5-6(2)8(4)14-10(15)7(3)9(12)13-11(14)16/h6,8H,5H2,1-4H3,(H,13,16). The molecule has 0 fully saturated rings. The van der Waals surface area contributed by atoms with Gasteiger partial charge in [-0.05, 0) is 19.8 Å². The molecule has 0 saturated heterocycles. The number of hydrogen-bond donors (Lipinski definition) is 1. The van der Waals surface area contributed by atoms with E-state index in [1.165, 1.54) is 4.57 Å². The third kappa shape index (κ3) is 2.21. The van der Waals surface area contributed by atoms with Crippen LogP contribution < -0.4 is 11.2 Å². The Bertz CT molecular complexity index is 490. The summed E-state index contributed by atoms with van der Waals surface area (Å²) in [6.45, 7) is 7.53. The van der Waals surface area contributed by atoms with Crippen molar-refractivity contribution in [1.29, 1.82) is 0 Å². The van der Waals surface area contributed by atoms with Crippen LogP contribution in [0.5, 0.6) is 0 Å². The highest BCUT2D eigenvalue weighted by Crippen LogP contribution is 2.17. The second kappa shape index (κ2) is 4.87. The Hall–Kier alpha value is -1.03. The largest absolute Gasteiger partial charge is 0.329 e. The smallest absolute Gasteiger partial charge is 0.297 e. The summed E-state index contributed by atoms with van der Waals surface area (Å²) in [6.07, 6.45) is 0.911. The number of aromatic nitrogens is 2. The Morgan fingerprint density at radius 3 is 2.44 bits per heavy atom. The van der Waals surface area contributed by atoms with Gasteiger partial charge in [-0.25, -0.2) is 4.79 Å². The van der Waals surface area contributed by atoms with Gasteiger partial charge in [0.05, 0.1) is 0 Å². The van der Waals surface area contributed by atoms with Crippen molar-refractivity contribution in [3.8, 4) is 0 Å². The lowest BCUT2D eigenvalue weighted by molar-refractivity contribution is 0.350. The molecule has 0 bridgehead atoms. The van der Waals surface area contributed by atoms with E-state index in [1.54, 1.807) is 6.92 Å². The number of aromatic amines is 1. The second-order valence-electron chi connectivity index (χ2n) is 4.17. The molecule has 0 spiro atoms. The van der Waals surface area contributed by atoms with Crippen molar-refractivity contribution in [3.63, 3.8) is 0 Å². The van der Waals surface area contributed by atoms with Gasteiger partial charge in [0, 0.05) is 11.6 Å². The Kier molecular flexibility index (Phi) is 3.97. The lowest BCUT2D eigenvalue weighted by Crippen LogP contribution is -2.40. The van der Waals surface area contributed by atoms with E-state index in [4.69, 9.17) is 11.6 Å². The number of nitrogens with zero attached hydrogens (tertiary/aromatic N) is 1. The van der Waals surface area contributed by atoms with Gasteiger partial charge in [0.2, 0.25) is 0 Å². The van der Waals surface area contributed by atoms with E-state index in [9.17, 15) is 9.59 Å². The van der Waals surface area contributed by atoms with Crippen LogP contribution in [0, 0.1) is 12.8 Å². The molecule has 1 N–H and O–H groups in total. The van der Waals surface area contributed by atoms with E-state index in [1.807, 2.05) is 20.8 Å². The van der Waals surface area contributed by atoms with Crippen molar-refractivity contribution in [2.75, 3.05) is 0 Å². The predicted octanol–water partition coefficient (Wildman–Crippen LogP) is 2.11. The zero-order valence-electron chi connectivity index (χ0n) is 10.0. The minimum atomic E-state index is -0.437. The van der Waals surface area contributed by atoms with Crippen LogP contribution in [0.15, 0.2) is 9.59 Å². The molecule has 2 unspecified atom stereocenters. The monoisotopic (exact) mass is 244 g/mol. The molecule has 0 aliphatic carbocycles. The SMILES string of the molecule is CCC(C)C(C)n1c(=O)[nH]c(Cl)c(C)c1=O. The van der Waals surface area contributed by atoms with Gasteiger partial charge in [-0.2, -0.15) is 0 Å². The van der Waals surface area contributed by atoms with E-state index < -0.39 is 5.69 Å². The van der Waals surface area contributed by atoms with E-state index >= 15 is 0 Å². The van der Waals surface area contributed by atoms with Gasteiger partial charge in [0.1, 0.15) is 5.15 Å². The zero-order valence-corrected chi connectivity index (χ0v) is 10.8. The Morgan fingerprint density at radius 2 is 1.94 bits per heavy atom. The predicted molar refractivity (Wildman–Crippen MR) is 65.2 cm³/mol. The third-order valence-corrected chi connectivity index (χ3v) is 3.56. The average molecular weight is 245 g/mol. The van der Waals surface area contributed by atoms with Crippen LogP contribution in [0.3, 0.4) is 0 Å². The summed E-state index contributed by atoms with van der Waals surface area (Å²) in [4.78, 5) is 26.1. The normalized spacial score (nSPS) is 14.8. The minimum Gasteiger partial charge on any atom is -0.297 e. The van der Waals surface area contributed by atoms with Gasteiger partial charge < -0.3 is 0 Å². The molecule has 0 amide bonds. The van der Waals surface area contributed by atoms with Crippen LogP contribution in [0.4, 0.5) is 0 Å². The van der Waals surface area contributed by atoms with Crippen molar-refractivity contribution in [2.24, 2.45) is 5.92 Å². The molecule has 0 aliphatic rings. The van der Waals surface area contributed by atoms with Crippen LogP contribution in [0.25, 0.3) is 0 Å². The van der Waals surface area contributed by atoms with Gasteiger partial charge in [0.15, 0.2) is 0 Å². The molecule has 0 saturated carbocycles. The summed E-state index contributed by atoms with van der Waals surface area (Å²) >= 11 is 5.74. The van der Waals surface area contributed by atoms with Gasteiger partial charge in [-0.3, -0.25) is 14.3 Å². The average Bonchev–Trinajstić information content (AvgIpc) is 2.24. The molecular weight excluding hydrogens is 228 g/mol. The molecule has 4 nitrogen and oxygen atoms in total. The quantitative estimate of drug-likeness (QED) is 0.828. The maximum Gasteiger partial charge on any atom is 0.329 e. The van der Waals surface area contributed by atoms with Crippen LogP contribution in [-0.4, -0.2) is 9.55 Å². The number of nitrogens with one attached hydrogen (secondary N) is 1. The van der Waals surface area contributed by atoms with E-state index in [0.29, 0.717) is 5.56 Å². The molecule has 0 radical (unpaired) electrons. The summed E-state index contributed by atoms with van der Waals surface area (Å²) in [5.41, 5.74) is -0.355. The highest BCUT2D eigenvalue weighted by Gasteiger charge is 2.18. The van der Waals surface area contributed by atoms with Gasteiger partial charge in [-0.1, -0.05) is 31.9 Å². The first-order valence-electron chi connectivity index (χ1n) is 5.41. The Labute approximate surface area is 99.3 Å². The fourth-order valence-corrected chi connectivity index (χ4v) is 1.74. The summed E-state index contributed by atoms with van der Waals surface area (Å²) in [7, 11) is 0. The Balaban J connectivity index is 3.41. The summed E-state index contributed by atoms with van der Waals surface area (Å²) in [5.74, 6) is 0.263. The first-order valence-corrected chi connectivity index (χ1v) is 5.78. The lowest BCUT2D eigenvalue weighted by atomic mass is 10.0. The van der Waals surface area contributed by atoms with Crippen LogP contribution in [-0.2, 0) is 0 Å². The number of rotatable bonds is 3. The summed E-state index contributed by atoms with van der Waals surface area (Å²) < 4.78 is 1.25. The molecule has 90 valence electrons. The molecule has 0 aliphatic heterocycles. The molecule has 1 rings (SSSR count). The van der Waals surface area contributed by atoms with Gasteiger partial charge in [-0.15, -0.1) is 0 Å². The Morgan fingerprint density at radius 1 is 1.38 bits per heavy atom. The number of hydrogen-bond acceptors (Lipinski definition) is 2. The van der Waals surface area contributed by atoms with Crippen molar-refractivity contribution >= 4 is 11.6 Å². The van der Waals surface area contributed by atoms with Crippen molar-refractivity contribution in [2.45, 2.75) is 40.2 Å². The van der Waals surface area contributed by atoms with Crippen LogP contribution in [0.1, 0.15) is 38.8 Å². The second-order valence-corrected chi connectivity index (χ2v) is 4.55. The first-order chi connectivity index (χ1) is 7.40. The molecule has 1 aromatic heterocycles.